The normalized spacial score (nSPS) is 12.2. The molecule has 0 aromatic carbocycles. The van der Waals surface area contributed by atoms with Gasteiger partial charge in [-0.3, -0.25) is 0 Å². The fraction of sp³-hybridized carbons (Fsp3) is 0.333. The molecule has 0 heterocycles. The molecule has 3 nitrogen and oxygen atoms in total. The Bertz CT molecular complexity index is 107. The fourth-order valence-corrected chi connectivity index (χ4v) is 0.226. The molecule has 0 aliphatic rings. The maximum Gasteiger partial charge on any atom is 0.330 e. The third-order valence-electron chi connectivity index (χ3n) is 0.563. The van der Waals surface area contributed by atoms with E-state index in [1.807, 2.05) is 0 Å². The first kappa shape index (κ1) is 8.17. The molecular weight excluding hydrogens is 120 g/mol. The average Bonchev–Trinajstić information content (AvgIpc) is 1.83. The Morgan fingerprint density at radius 1 is 2.00 bits per heavy atom. The Kier molecular flexibility index (Phi) is 3.71. The minimum Gasteiger partial charge on any atom is -0.460 e. The second kappa shape index (κ2) is 4.09. The molecule has 1 atom stereocenters. The van der Waals surface area contributed by atoms with Crippen LogP contribution >= 0.6 is 0 Å². The molecule has 0 aliphatic heterocycles. The second-order valence-electron chi connectivity index (χ2n) is 1.40. The molecule has 0 fully saturated rings. The number of ether oxygens (including phenoxy) is 1. The fourth-order valence-electron chi connectivity index (χ4n) is 0.226. The molecule has 0 rings (SSSR count). The van der Waals surface area contributed by atoms with E-state index in [0.717, 1.165) is 6.08 Å². The Labute approximate surface area is 53.9 Å². The number of carbonyl (C=O) groups excluding carboxylic acids is 1. The molecule has 1 unspecified atom stereocenters. The quantitative estimate of drug-likeness (QED) is 0.422. The molecule has 1 N–H and O–H groups in total. The van der Waals surface area contributed by atoms with Crippen molar-refractivity contribution in [3.63, 3.8) is 0 Å². The molecule has 0 aromatic heterocycles. The highest BCUT2D eigenvalue weighted by Gasteiger charge is 1.98. The van der Waals surface area contributed by atoms with Crippen LogP contribution in [0.3, 0.4) is 0 Å². The van der Waals surface area contributed by atoms with Crippen LogP contribution in [0.5, 0.6) is 0 Å². The molecule has 2 radical (unpaired) electrons. The molecule has 50 valence electrons. The summed E-state index contributed by atoms with van der Waals surface area (Å²) in [5, 5.41) is 8.36. The van der Waals surface area contributed by atoms with Crippen LogP contribution < -0.4 is 0 Å². The summed E-state index contributed by atoms with van der Waals surface area (Å²) < 4.78 is 4.32. The lowest BCUT2D eigenvalue weighted by atomic mass is 10.4. The van der Waals surface area contributed by atoms with E-state index in [1.165, 1.54) is 0 Å². The number of aliphatic hydroxyl groups is 1. The topological polar surface area (TPSA) is 46.5 Å². The van der Waals surface area contributed by atoms with Gasteiger partial charge in [0.15, 0.2) is 0 Å². The van der Waals surface area contributed by atoms with Crippen LogP contribution in [0.4, 0.5) is 0 Å². The molecule has 0 aliphatic carbocycles. The summed E-state index contributed by atoms with van der Waals surface area (Å²) in [6.45, 7) is 7.79. The van der Waals surface area contributed by atoms with E-state index < -0.39 is 12.1 Å². The number of hydrogen-bond donors (Lipinski definition) is 1. The van der Waals surface area contributed by atoms with E-state index in [-0.39, 0.29) is 6.61 Å². The zero-order chi connectivity index (χ0) is 7.28. The van der Waals surface area contributed by atoms with Crippen LogP contribution in [0.2, 0.25) is 0 Å². The summed E-state index contributed by atoms with van der Waals surface area (Å²) in [7, 11) is 0. The lowest BCUT2D eigenvalue weighted by Gasteiger charge is -2.01. The Balaban J connectivity index is 3.27. The van der Waals surface area contributed by atoms with Crippen molar-refractivity contribution >= 4 is 5.97 Å². The molecule has 0 bridgehead atoms. The standard InChI is InChI=1S/C6H8O3/c1-3-6(8)9-4-5(2)7/h2-3,5,7H,1,4H2. The van der Waals surface area contributed by atoms with E-state index in [2.05, 4.69) is 11.3 Å². The predicted octanol–water partition coefficient (Wildman–Crippen LogP) is -0.212. The van der Waals surface area contributed by atoms with Gasteiger partial charge in [0.1, 0.15) is 6.61 Å². The average molecular weight is 128 g/mol. The number of hydrogen-bond acceptors (Lipinski definition) is 3. The summed E-state index contributed by atoms with van der Waals surface area (Å²) >= 11 is 0. The highest BCUT2D eigenvalue weighted by molar-refractivity contribution is 5.81. The van der Waals surface area contributed by atoms with E-state index in [4.69, 9.17) is 12.0 Å². The lowest BCUT2D eigenvalue weighted by Crippen LogP contribution is -2.13. The molecular formula is C6H8O3. The molecule has 0 saturated carbocycles. The van der Waals surface area contributed by atoms with Crippen molar-refractivity contribution in [1.29, 1.82) is 0 Å². The van der Waals surface area contributed by atoms with Crippen molar-refractivity contribution in [3.8, 4) is 0 Å². The number of carbonyl (C=O) groups is 1. The van der Waals surface area contributed by atoms with Gasteiger partial charge in [0, 0.05) is 6.08 Å². The summed E-state index contributed by atoms with van der Waals surface area (Å²) in [6.07, 6.45) is -0.101. The van der Waals surface area contributed by atoms with Crippen molar-refractivity contribution in [2.75, 3.05) is 6.61 Å². The summed E-state index contributed by atoms with van der Waals surface area (Å²) in [5.41, 5.74) is 0. The molecule has 0 spiro atoms. The predicted molar refractivity (Wildman–Crippen MR) is 31.5 cm³/mol. The maximum absolute atomic E-state index is 10.2. The summed E-state index contributed by atoms with van der Waals surface area (Å²) in [4.78, 5) is 10.2. The number of esters is 1. The van der Waals surface area contributed by atoms with Gasteiger partial charge >= 0.3 is 5.97 Å². The third kappa shape index (κ3) is 5.03. The van der Waals surface area contributed by atoms with Gasteiger partial charge in [0.05, 0.1) is 6.10 Å². The van der Waals surface area contributed by atoms with Crippen molar-refractivity contribution < 1.29 is 14.6 Å². The van der Waals surface area contributed by atoms with Gasteiger partial charge in [0.2, 0.25) is 0 Å². The van der Waals surface area contributed by atoms with Crippen LogP contribution in [0.25, 0.3) is 0 Å². The van der Waals surface area contributed by atoms with Crippen molar-refractivity contribution in [2.45, 2.75) is 6.10 Å². The Hall–Kier alpha value is -0.830. The SMILES string of the molecule is [CH]C(O)COC(=O)C=C. The molecule has 0 amide bonds. The van der Waals surface area contributed by atoms with Crippen LogP contribution in [0.1, 0.15) is 0 Å². The zero-order valence-corrected chi connectivity index (χ0v) is 4.91. The Morgan fingerprint density at radius 2 is 2.56 bits per heavy atom. The van der Waals surface area contributed by atoms with Gasteiger partial charge in [-0.1, -0.05) is 6.58 Å². The van der Waals surface area contributed by atoms with Gasteiger partial charge in [0.25, 0.3) is 0 Å². The first-order valence-electron chi connectivity index (χ1n) is 2.39. The lowest BCUT2D eigenvalue weighted by molar-refractivity contribution is -0.139. The van der Waals surface area contributed by atoms with E-state index in [0.29, 0.717) is 0 Å². The number of aliphatic hydroxyl groups excluding tert-OH is 1. The molecule has 0 aromatic rings. The summed E-state index contributed by atoms with van der Waals surface area (Å²) in [6, 6.07) is 0. The molecule has 0 saturated heterocycles. The Morgan fingerprint density at radius 3 is 2.89 bits per heavy atom. The van der Waals surface area contributed by atoms with Crippen LogP contribution in [0.15, 0.2) is 12.7 Å². The highest BCUT2D eigenvalue weighted by atomic mass is 16.5. The van der Waals surface area contributed by atoms with Gasteiger partial charge in [-0.2, -0.15) is 0 Å². The van der Waals surface area contributed by atoms with Gasteiger partial charge < -0.3 is 9.84 Å². The zero-order valence-electron chi connectivity index (χ0n) is 4.91. The molecule has 9 heavy (non-hydrogen) atoms. The first-order valence-corrected chi connectivity index (χ1v) is 2.39. The van der Waals surface area contributed by atoms with Crippen LogP contribution in [-0.2, 0) is 9.53 Å². The van der Waals surface area contributed by atoms with E-state index in [9.17, 15) is 4.79 Å². The van der Waals surface area contributed by atoms with E-state index >= 15 is 0 Å². The maximum atomic E-state index is 10.2. The van der Waals surface area contributed by atoms with Crippen LogP contribution in [-0.4, -0.2) is 23.8 Å². The minimum atomic E-state index is -1.10. The van der Waals surface area contributed by atoms with Crippen molar-refractivity contribution in [2.24, 2.45) is 0 Å². The second-order valence-corrected chi connectivity index (χ2v) is 1.40. The smallest absolute Gasteiger partial charge is 0.330 e. The summed E-state index contributed by atoms with van der Waals surface area (Å²) in [5.74, 6) is -0.584. The monoisotopic (exact) mass is 128 g/mol. The third-order valence-corrected chi connectivity index (χ3v) is 0.563. The molecule has 3 heteroatoms. The van der Waals surface area contributed by atoms with Crippen molar-refractivity contribution in [1.82, 2.24) is 0 Å². The van der Waals surface area contributed by atoms with Gasteiger partial charge in [-0.05, 0) is 6.92 Å². The van der Waals surface area contributed by atoms with Gasteiger partial charge in [-0.15, -0.1) is 0 Å². The van der Waals surface area contributed by atoms with Crippen LogP contribution in [0, 0.1) is 6.92 Å². The largest absolute Gasteiger partial charge is 0.460 e. The van der Waals surface area contributed by atoms with Gasteiger partial charge in [-0.25, -0.2) is 4.79 Å². The van der Waals surface area contributed by atoms with E-state index in [1.54, 1.807) is 0 Å². The first-order chi connectivity index (χ1) is 4.16. The van der Waals surface area contributed by atoms with Crippen molar-refractivity contribution in [3.05, 3.63) is 19.6 Å². The minimum absolute atomic E-state index is 0.190. The highest BCUT2D eigenvalue weighted by Crippen LogP contribution is 1.83. The number of rotatable bonds is 3.